The number of anilines is 1. The van der Waals surface area contributed by atoms with Gasteiger partial charge in [-0.25, -0.2) is 0 Å². The molecule has 1 unspecified atom stereocenters. The highest BCUT2D eigenvalue weighted by molar-refractivity contribution is 6.01. The largest absolute Gasteiger partial charge is 0.508 e. The zero-order chi connectivity index (χ0) is 23.9. The summed E-state index contributed by atoms with van der Waals surface area (Å²) in [6, 6.07) is 14.5. The first kappa shape index (κ1) is 23.4. The summed E-state index contributed by atoms with van der Waals surface area (Å²) in [7, 11) is 0. The molecule has 1 atom stereocenters. The van der Waals surface area contributed by atoms with Crippen molar-refractivity contribution in [2.75, 3.05) is 38.2 Å². The van der Waals surface area contributed by atoms with Gasteiger partial charge in [-0.15, -0.1) is 0 Å². The van der Waals surface area contributed by atoms with Crippen molar-refractivity contribution in [1.82, 2.24) is 20.4 Å². The van der Waals surface area contributed by atoms with Gasteiger partial charge in [0.15, 0.2) is 5.82 Å². The van der Waals surface area contributed by atoms with Gasteiger partial charge in [0.25, 0.3) is 11.8 Å². The summed E-state index contributed by atoms with van der Waals surface area (Å²) < 4.78 is 5.34. The first-order valence-corrected chi connectivity index (χ1v) is 11.0. The van der Waals surface area contributed by atoms with Crippen LogP contribution < -0.4 is 10.6 Å². The molecule has 1 fully saturated rings. The Labute approximate surface area is 196 Å². The van der Waals surface area contributed by atoms with E-state index in [9.17, 15) is 19.8 Å². The molecule has 1 aromatic heterocycles. The maximum atomic E-state index is 12.8. The molecule has 178 valence electrons. The van der Waals surface area contributed by atoms with Crippen molar-refractivity contribution < 1.29 is 24.5 Å². The fourth-order valence-corrected chi connectivity index (χ4v) is 3.71. The van der Waals surface area contributed by atoms with Crippen molar-refractivity contribution >= 4 is 17.6 Å². The Balaban J connectivity index is 1.39. The molecule has 5 N–H and O–H groups in total. The van der Waals surface area contributed by atoms with Crippen molar-refractivity contribution in [3.05, 3.63) is 65.7 Å². The Morgan fingerprint density at radius 1 is 1.12 bits per heavy atom. The Morgan fingerprint density at radius 3 is 2.62 bits per heavy atom. The highest BCUT2D eigenvalue weighted by atomic mass is 16.5. The summed E-state index contributed by atoms with van der Waals surface area (Å²) >= 11 is 0. The van der Waals surface area contributed by atoms with Crippen LogP contribution in [-0.4, -0.2) is 76.1 Å². The first-order chi connectivity index (χ1) is 16.5. The summed E-state index contributed by atoms with van der Waals surface area (Å²) in [6.45, 7) is 2.77. The second-order valence-corrected chi connectivity index (χ2v) is 8.01. The third-order valence-electron chi connectivity index (χ3n) is 5.47. The molecule has 0 spiro atoms. The lowest BCUT2D eigenvalue weighted by Crippen LogP contribution is -2.46. The van der Waals surface area contributed by atoms with Gasteiger partial charge >= 0.3 is 0 Å². The molecule has 34 heavy (non-hydrogen) atoms. The number of aliphatic hydroxyl groups excluding tert-OH is 1. The molecule has 1 aliphatic rings. The summed E-state index contributed by atoms with van der Waals surface area (Å²) in [5.74, 6) is -0.983. The molecule has 0 bridgehead atoms. The van der Waals surface area contributed by atoms with Crippen LogP contribution in [0.5, 0.6) is 5.75 Å². The van der Waals surface area contributed by atoms with Crippen LogP contribution in [-0.2, 0) is 16.1 Å². The molecule has 0 radical (unpaired) electrons. The number of nitrogens with one attached hydrogen (secondary N) is 3. The number of hydrogen-bond acceptors (Lipinski definition) is 7. The van der Waals surface area contributed by atoms with E-state index < -0.39 is 24.5 Å². The van der Waals surface area contributed by atoms with Crippen molar-refractivity contribution in [2.24, 2.45) is 0 Å². The van der Waals surface area contributed by atoms with E-state index in [1.54, 1.807) is 18.2 Å². The van der Waals surface area contributed by atoms with Gasteiger partial charge in [-0.05, 0) is 29.3 Å². The van der Waals surface area contributed by atoms with Crippen LogP contribution in [0.25, 0.3) is 11.3 Å². The predicted molar refractivity (Wildman–Crippen MR) is 125 cm³/mol. The first-order valence-electron chi connectivity index (χ1n) is 11.0. The molecule has 2 heterocycles. The molecule has 10 nitrogen and oxygen atoms in total. The van der Waals surface area contributed by atoms with Crippen LogP contribution in [0.2, 0.25) is 0 Å². The number of H-pyrrole nitrogens is 1. The van der Waals surface area contributed by atoms with Gasteiger partial charge in [0.05, 0.1) is 25.5 Å². The maximum absolute atomic E-state index is 12.8. The van der Waals surface area contributed by atoms with Crippen LogP contribution >= 0.6 is 0 Å². The van der Waals surface area contributed by atoms with Gasteiger partial charge in [0.1, 0.15) is 11.8 Å². The van der Waals surface area contributed by atoms with Crippen LogP contribution in [0.15, 0.2) is 54.6 Å². The molecule has 0 aliphatic carbocycles. The lowest BCUT2D eigenvalue weighted by molar-refractivity contribution is -0.118. The Kier molecular flexibility index (Phi) is 7.53. The number of aliphatic hydroxyl groups is 1. The average Bonchev–Trinajstić information content (AvgIpc) is 3.31. The molecule has 3 aromatic rings. The van der Waals surface area contributed by atoms with Gasteiger partial charge < -0.3 is 25.6 Å². The minimum Gasteiger partial charge on any atom is -0.508 e. The number of carbonyl (C=O) groups is 2. The SMILES string of the molecule is O=C(NC(CO)C(=O)Nc1cc(-c2ccccc2)[nH]n1)c1cc(O)cc(CN2CCOCC2)c1. The quantitative estimate of drug-likeness (QED) is 0.338. The molecule has 1 aliphatic heterocycles. The van der Waals surface area contributed by atoms with Crippen LogP contribution in [0.4, 0.5) is 5.82 Å². The number of rotatable bonds is 8. The number of ether oxygens (including phenoxy) is 1. The standard InChI is InChI=1S/C24H27N5O5/c30-15-21(24(33)26-22-13-20(27-28-22)17-4-2-1-3-5-17)25-23(32)18-10-16(11-19(31)12-18)14-29-6-8-34-9-7-29/h1-5,10-13,21,30-31H,6-9,14-15H2,(H,25,32)(H2,26,27,28,33). The second-order valence-electron chi connectivity index (χ2n) is 8.01. The summed E-state index contributed by atoms with van der Waals surface area (Å²) in [5, 5.41) is 31.8. The minimum atomic E-state index is -1.20. The zero-order valence-corrected chi connectivity index (χ0v) is 18.5. The number of morpholine rings is 1. The van der Waals surface area contributed by atoms with Crippen LogP contribution in [0, 0.1) is 0 Å². The molecular formula is C24H27N5O5. The minimum absolute atomic E-state index is 0.0501. The van der Waals surface area contributed by atoms with E-state index in [-0.39, 0.29) is 17.1 Å². The molecule has 10 heteroatoms. The Bertz CT molecular complexity index is 1130. The molecule has 0 saturated carbocycles. The number of phenols is 1. The number of aromatic hydroxyl groups is 1. The van der Waals surface area contributed by atoms with Crippen molar-refractivity contribution in [3.63, 3.8) is 0 Å². The van der Waals surface area contributed by atoms with E-state index in [0.717, 1.165) is 24.2 Å². The van der Waals surface area contributed by atoms with Crippen LogP contribution in [0.3, 0.4) is 0 Å². The highest BCUT2D eigenvalue weighted by Gasteiger charge is 2.22. The average molecular weight is 466 g/mol. The number of amides is 2. The van der Waals surface area contributed by atoms with Crippen molar-refractivity contribution in [1.29, 1.82) is 0 Å². The maximum Gasteiger partial charge on any atom is 0.252 e. The number of hydrogen-bond donors (Lipinski definition) is 5. The van der Waals surface area contributed by atoms with Crippen LogP contribution in [0.1, 0.15) is 15.9 Å². The smallest absolute Gasteiger partial charge is 0.252 e. The molecule has 4 rings (SSSR count). The number of benzene rings is 2. The summed E-state index contributed by atoms with van der Waals surface area (Å²) in [5.41, 5.74) is 2.58. The van der Waals surface area contributed by atoms with Gasteiger partial charge in [0.2, 0.25) is 0 Å². The number of aromatic nitrogens is 2. The topological polar surface area (TPSA) is 140 Å². The third-order valence-corrected chi connectivity index (χ3v) is 5.47. The number of phenolic OH excluding ortho intramolecular Hbond substituents is 1. The molecule has 2 aromatic carbocycles. The third kappa shape index (κ3) is 5.98. The van der Waals surface area contributed by atoms with E-state index in [2.05, 4.69) is 25.7 Å². The highest BCUT2D eigenvalue weighted by Crippen LogP contribution is 2.20. The van der Waals surface area contributed by atoms with Crippen molar-refractivity contribution in [3.8, 4) is 17.0 Å². The second kappa shape index (κ2) is 10.9. The van der Waals surface area contributed by atoms with E-state index in [1.165, 1.54) is 6.07 Å². The lowest BCUT2D eigenvalue weighted by Gasteiger charge is -2.26. The predicted octanol–water partition coefficient (Wildman–Crippen LogP) is 1.34. The van der Waals surface area contributed by atoms with E-state index in [0.29, 0.717) is 25.5 Å². The van der Waals surface area contributed by atoms with Gasteiger partial charge in [-0.2, -0.15) is 5.10 Å². The fraction of sp³-hybridized carbons (Fsp3) is 0.292. The van der Waals surface area contributed by atoms with Crippen molar-refractivity contribution in [2.45, 2.75) is 12.6 Å². The Morgan fingerprint density at radius 2 is 1.88 bits per heavy atom. The number of carbonyl (C=O) groups excluding carboxylic acids is 2. The van der Waals surface area contributed by atoms with E-state index in [1.807, 2.05) is 30.3 Å². The summed E-state index contributed by atoms with van der Waals surface area (Å²) in [4.78, 5) is 27.6. The zero-order valence-electron chi connectivity index (χ0n) is 18.5. The van der Waals surface area contributed by atoms with Gasteiger partial charge in [-0.3, -0.25) is 19.6 Å². The van der Waals surface area contributed by atoms with E-state index >= 15 is 0 Å². The lowest BCUT2D eigenvalue weighted by atomic mass is 10.1. The Hall–Kier alpha value is -3.73. The molecule has 1 saturated heterocycles. The number of nitrogens with zero attached hydrogens (tertiary/aromatic N) is 2. The van der Waals surface area contributed by atoms with E-state index in [4.69, 9.17) is 4.74 Å². The molecular weight excluding hydrogens is 438 g/mol. The summed E-state index contributed by atoms with van der Waals surface area (Å²) in [6.07, 6.45) is 0. The van der Waals surface area contributed by atoms with Gasteiger partial charge in [-0.1, -0.05) is 30.3 Å². The monoisotopic (exact) mass is 465 g/mol. The molecule has 2 amide bonds. The normalized spacial score (nSPS) is 15.0. The fourth-order valence-electron chi connectivity index (χ4n) is 3.71. The van der Waals surface area contributed by atoms with Gasteiger partial charge in [0, 0.05) is 31.3 Å². The number of aromatic amines is 1.